The normalized spacial score (nSPS) is 10.1. The van der Waals surface area contributed by atoms with E-state index < -0.39 is 5.97 Å². The highest BCUT2D eigenvalue weighted by Crippen LogP contribution is 2.09. The number of pyridine rings is 1. The summed E-state index contributed by atoms with van der Waals surface area (Å²) in [7, 11) is 0. The fourth-order valence-corrected chi connectivity index (χ4v) is 1.98. The number of amides is 1. The van der Waals surface area contributed by atoms with Gasteiger partial charge in [0.15, 0.2) is 0 Å². The Labute approximate surface area is 122 Å². The van der Waals surface area contributed by atoms with Crippen LogP contribution in [0.3, 0.4) is 0 Å². The largest absolute Gasteiger partial charge is 0.477 e. The summed E-state index contributed by atoms with van der Waals surface area (Å²) < 4.78 is 0. The Kier molecular flexibility index (Phi) is 4.66. The SMILES string of the molecule is CCc1ccccc1C(=O)NCc1ccc(C(=O)O)nc1. The Balaban J connectivity index is 2.02. The molecule has 0 aliphatic carbocycles. The monoisotopic (exact) mass is 284 g/mol. The van der Waals surface area contributed by atoms with Gasteiger partial charge in [0.05, 0.1) is 0 Å². The maximum absolute atomic E-state index is 12.1. The smallest absolute Gasteiger partial charge is 0.354 e. The summed E-state index contributed by atoms with van der Waals surface area (Å²) in [5.41, 5.74) is 2.40. The fraction of sp³-hybridized carbons (Fsp3) is 0.188. The van der Waals surface area contributed by atoms with Crippen LogP contribution in [0.25, 0.3) is 0 Å². The molecule has 0 unspecified atom stereocenters. The molecule has 0 aliphatic rings. The molecule has 2 rings (SSSR count). The van der Waals surface area contributed by atoms with Gasteiger partial charge in [0.2, 0.25) is 0 Å². The first-order chi connectivity index (χ1) is 10.1. The summed E-state index contributed by atoms with van der Waals surface area (Å²) in [5.74, 6) is -1.21. The lowest BCUT2D eigenvalue weighted by Crippen LogP contribution is -2.24. The Morgan fingerprint density at radius 2 is 1.95 bits per heavy atom. The number of nitrogens with zero attached hydrogens (tertiary/aromatic N) is 1. The second kappa shape index (κ2) is 6.65. The Hall–Kier alpha value is -2.69. The number of carboxylic acids is 1. The predicted molar refractivity (Wildman–Crippen MR) is 78.2 cm³/mol. The molecule has 5 heteroatoms. The lowest BCUT2D eigenvalue weighted by atomic mass is 10.0. The van der Waals surface area contributed by atoms with Crippen LogP contribution in [0.4, 0.5) is 0 Å². The number of hydrogen-bond donors (Lipinski definition) is 2. The number of aromatic carboxylic acids is 1. The van der Waals surface area contributed by atoms with Gasteiger partial charge in [-0.1, -0.05) is 31.2 Å². The lowest BCUT2D eigenvalue weighted by Gasteiger charge is -2.08. The van der Waals surface area contributed by atoms with E-state index in [1.807, 2.05) is 25.1 Å². The molecule has 0 aliphatic heterocycles. The molecule has 21 heavy (non-hydrogen) atoms. The maximum atomic E-state index is 12.1. The van der Waals surface area contributed by atoms with Crippen molar-refractivity contribution in [2.24, 2.45) is 0 Å². The highest BCUT2D eigenvalue weighted by atomic mass is 16.4. The molecule has 5 nitrogen and oxygen atoms in total. The second-order valence-corrected chi connectivity index (χ2v) is 4.55. The fourth-order valence-electron chi connectivity index (χ4n) is 1.98. The molecule has 2 aromatic rings. The molecule has 2 N–H and O–H groups in total. The predicted octanol–water partition coefficient (Wildman–Crippen LogP) is 2.27. The third-order valence-electron chi connectivity index (χ3n) is 3.14. The number of aromatic nitrogens is 1. The zero-order valence-electron chi connectivity index (χ0n) is 11.7. The third kappa shape index (κ3) is 3.66. The zero-order chi connectivity index (χ0) is 15.2. The van der Waals surface area contributed by atoms with Crippen molar-refractivity contribution in [3.8, 4) is 0 Å². The van der Waals surface area contributed by atoms with Crippen LogP contribution in [0.2, 0.25) is 0 Å². The minimum Gasteiger partial charge on any atom is -0.477 e. The van der Waals surface area contributed by atoms with Crippen LogP contribution >= 0.6 is 0 Å². The van der Waals surface area contributed by atoms with Crippen molar-refractivity contribution in [2.45, 2.75) is 19.9 Å². The number of nitrogens with one attached hydrogen (secondary N) is 1. The number of rotatable bonds is 5. The Morgan fingerprint density at radius 1 is 1.19 bits per heavy atom. The first-order valence-electron chi connectivity index (χ1n) is 6.66. The van der Waals surface area contributed by atoms with E-state index >= 15 is 0 Å². The van der Waals surface area contributed by atoms with Crippen molar-refractivity contribution in [3.05, 3.63) is 65.0 Å². The average molecular weight is 284 g/mol. The highest BCUT2D eigenvalue weighted by molar-refractivity contribution is 5.95. The van der Waals surface area contributed by atoms with Crippen LogP contribution in [-0.2, 0) is 13.0 Å². The first kappa shape index (κ1) is 14.7. The number of carbonyl (C=O) groups is 2. The van der Waals surface area contributed by atoms with Gasteiger partial charge in [0.25, 0.3) is 5.91 Å². The van der Waals surface area contributed by atoms with Gasteiger partial charge >= 0.3 is 5.97 Å². The van der Waals surface area contributed by atoms with E-state index in [0.717, 1.165) is 17.5 Å². The van der Waals surface area contributed by atoms with Crippen molar-refractivity contribution >= 4 is 11.9 Å². The topological polar surface area (TPSA) is 79.3 Å². The summed E-state index contributed by atoms with van der Waals surface area (Å²) >= 11 is 0. The van der Waals surface area contributed by atoms with Crippen molar-refractivity contribution in [1.29, 1.82) is 0 Å². The van der Waals surface area contributed by atoms with E-state index in [-0.39, 0.29) is 11.6 Å². The molecule has 1 aromatic heterocycles. The van der Waals surface area contributed by atoms with Crippen LogP contribution in [0.15, 0.2) is 42.6 Å². The molecular weight excluding hydrogens is 268 g/mol. The van der Waals surface area contributed by atoms with Gasteiger partial charge in [-0.05, 0) is 29.7 Å². The number of hydrogen-bond acceptors (Lipinski definition) is 3. The third-order valence-corrected chi connectivity index (χ3v) is 3.14. The van der Waals surface area contributed by atoms with Gasteiger partial charge < -0.3 is 10.4 Å². The van der Waals surface area contributed by atoms with Crippen LogP contribution < -0.4 is 5.32 Å². The summed E-state index contributed by atoms with van der Waals surface area (Å²) in [4.78, 5) is 26.7. The van der Waals surface area contributed by atoms with Crippen molar-refractivity contribution in [1.82, 2.24) is 10.3 Å². The van der Waals surface area contributed by atoms with E-state index in [1.165, 1.54) is 12.3 Å². The van der Waals surface area contributed by atoms with Gasteiger partial charge in [0, 0.05) is 18.3 Å². The number of aryl methyl sites for hydroxylation is 1. The average Bonchev–Trinajstić information content (AvgIpc) is 2.52. The van der Waals surface area contributed by atoms with Crippen LogP contribution in [-0.4, -0.2) is 22.0 Å². The van der Waals surface area contributed by atoms with Gasteiger partial charge in [-0.15, -0.1) is 0 Å². The van der Waals surface area contributed by atoms with E-state index in [2.05, 4.69) is 10.3 Å². The molecular formula is C16H16N2O3. The van der Waals surface area contributed by atoms with Crippen molar-refractivity contribution in [2.75, 3.05) is 0 Å². The molecule has 1 heterocycles. The summed E-state index contributed by atoms with van der Waals surface area (Å²) in [5, 5.41) is 11.6. The van der Waals surface area contributed by atoms with E-state index in [9.17, 15) is 9.59 Å². The molecule has 1 aromatic carbocycles. The van der Waals surface area contributed by atoms with Crippen LogP contribution in [0, 0.1) is 0 Å². The minimum atomic E-state index is -1.07. The quantitative estimate of drug-likeness (QED) is 0.882. The maximum Gasteiger partial charge on any atom is 0.354 e. The molecule has 0 radical (unpaired) electrons. The molecule has 108 valence electrons. The van der Waals surface area contributed by atoms with Gasteiger partial charge in [-0.25, -0.2) is 9.78 Å². The first-order valence-corrected chi connectivity index (χ1v) is 6.66. The molecule has 1 amide bonds. The Morgan fingerprint density at radius 3 is 2.57 bits per heavy atom. The lowest BCUT2D eigenvalue weighted by molar-refractivity contribution is 0.0690. The van der Waals surface area contributed by atoms with E-state index in [4.69, 9.17) is 5.11 Å². The number of benzene rings is 1. The van der Waals surface area contributed by atoms with Crippen molar-refractivity contribution in [3.63, 3.8) is 0 Å². The second-order valence-electron chi connectivity index (χ2n) is 4.55. The van der Waals surface area contributed by atoms with Gasteiger partial charge in [-0.3, -0.25) is 4.79 Å². The number of carboxylic acid groups (broad SMARTS) is 1. The van der Waals surface area contributed by atoms with Crippen LogP contribution in [0.1, 0.15) is 38.9 Å². The summed E-state index contributed by atoms with van der Waals surface area (Å²) in [6.45, 7) is 2.31. The molecule has 0 spiro atoms. The molecule has 0 atom stereocenters. The molecule has 0 bridgehead atoms. The summed E-state index contributed by atoms with van der Waals surface area (Å²) in [6.07, 6.45) is 2.24. The molecule has 0 saturated heterocycles. The van der Waals surface area contributed by atoms with Crippen molar-refractivity contribution < 1.29 is 14.7 Å². The minimum absolute atomic E-state index is 0.0126. The zero-order valence-corrected chi connectivity index (χ0v) is 11.7. The standard InChI is InChI=1S/C16H16N2O3/c1-2-12-5-3-4-6-13(12)15(19)18-10-11-7-8-14(16(20)21)17-9-11/h3-9H,2,10H2,1H3,(H,18,19)(H,20,21). The molecule has 0 fully saturated rings. The van der Waals surface area contributed by atoms with Gasteiger partial charge in [-0.2, -0.15) is 0 Å². The Bertz CT molecular complexity index is 651. The van der Waals surface area contributed by atoms with Gasteiger partial charge in [0.1, 0.15) is 5.69 Å². The van der Waals surface area contributed by atoms with E-state index in [1.54, 1.807) is 12.1 Å². The summed E-state index contributed by atoms with van der Waals surface area (Å²) in [6, 6.07) is 10.5. The number of carbonyl (C=O) groups excluding carboxylic acids is 1. The molecule has 0 saturated carbocycles. The van der Waals surface area contributed by atoms with E-state index in [0.29, 0.717) is 12.1 Å². The van der Waals surface area contributed by atoms with Crippen LogP contribution in [0.5, 0.6) is 0 Å². The highest BCUT2D eigenvalue weighted by Gasteiger charge is 2.09.